The number of ether oxygens (including phenoxy) is 1. The van der Waals surface area contributed by atoms with Crippen LogP contribution in [0.15, 0.2) is 48.8 Å². The lowest BCUT2D eigenvalue weighted by Gasteiger charge is -2.10. The van der Waals surface area contributed by atoms with E-state index in [1.165, 1.54) is 41.4 Å². The van der Waals surface area contributed by atoms with Crippen LogP contribution in [0.4, 0.5) is 8.78 Å². The molecule has 10 heteroatoms. The molecule has 0 atom stereocenters. The van der Waals surface area contributed by atoms with Crippen molar-refractivity contribution in [3.63, 3.8) is 0 Å². The first-order valence-electron chi connectivity index (χ1n) is 11.4. The van der Waals surface area contributed by atoms with Gasteiger partial charge < -0.3 is 14.8 Å². The number of fused-ring (bicyclic) bond motifs is 3. The Morgan fingerprint density at radius 1 is 1.17 bits per heavy atom. The van der Waals surface area contributed by atoms with Crippen molar-refractivity contribution in [1.82, 2.24) is 20.1 Å². The zero-order chi connectivity index (χ0) is 25.2. The van der Waals surface area contributed by atoms with Crippen LogP contribution in [0.5, 0.6) is 5.75 Å². The first-order chi connectivity index (χ1) is 17.4. The average Bonchev–Trinajstić information content (AvgIpc) is 3.45. The fourth-order valence-corrected chi connectivity index (χ4v) is 5.30. The summed E-state index contributed by atoms with van der Waals surface area (Å²) in [5.41, 5.74) is 2.48. The summed E-state index contributed by atoms with van der Waals surface area (Å²) in [6.45, 7) is 2.38. The SMILES string of the molecule is CC(=O)CCCNC(=O)c1ccc2c(c1)OCCc1cc(-c3ncnn3-c3ccc(F)cc3F)sc1-2. The van der Waals surface area contributed by atoms with Gasteiger partial charge in [0.25, 0.3) is 5.91 Å². The molecule has 2 aromatic carbocycles. The molecule has 2 aromatic heterocycles. The number of rotatable bonds is 7. The molecular formula is C26H22F2N4O3S. The van der Waals surface area contributed by atoms with E-state index in [0.717, 1.165) is 26.9 Å². The molecule has 0 saturated carbocycles. The minimum atomic E-state index is -0.731. The lowest BCUT2D eigenvalue weighted by molar-refractivity contribution is -0.117. The smallest absolute Gasteiger partial charge is 0.251 e. The highest BCUT2D eigenvalue weighted by atomic mass is 32.1. The zero-order valence-electron chi connectivity index (χ0n) is 19.4. The van der Waals surface area contributed by atoms with Crippen molar-refractivity contribution in [2.75, 3.05) is 13.2 Å². The van der Waals surface area contributed by atoms with Crippen LogP contribution in [0.1, 0.15) is 35.7 Å². The van der Waals surface area contributed by atoms with Gasteiger partial charge in [0.05, 0.1) is 11.5 Å². The Kier molecular flexibility index (Phi) is 6.60. The average molecular weight is 509 g/mol. The van der Waals surface area contributed by atoms with Gasteiger partial charge in [0.15, 0.2) is 11.6 Å². The van der Waals surface area contributed by atoms with Crippen molar-refractivity contribution in [1.29, 1.82) is 0 Å². The number of benzene rings is 2. The molecule has 184 valence electrons. The molecular weight excluding hydrogens is 486 g/mol. The molecule has 36 heavy (non-hydrogen) atoms. The lowest BCUT2D eigenvalue weighted by Crippen LogP contribution is -2.24. The molecule has 1 aliphatic heterocycles. The third-order valence-corrected chi connectivity index (χ3v) is 7.03. The summed E-state index contributed by atoms with van der Waals surface area (Å²) in [7, 11) is 0. The monoisotopic (exact) mass is 508 g/mol. The van der Waals surface area contributed by atoms with Crippen LogP contribution in [0, 0.1) is 11.6 Å². The van der Waals surface area contributed by atoms with E-state index in [4.69, 9.17) is 4.74 Å². The summed E-state index contributed by atoms with van der Waals surface area (Å²) >= 11 is 1.47. The molecule has 0 fully saturated rings. The summed E-state index contributed by atoms with van der Waals surface area (Å²) < 4.78 is 35.1. The molecule has 0 saturated heterocycles. The van der Waals surface area contributed by atoms with Crippen LogP contribution in [0.25, 0.3) is 26.8 Å². The molecule has 0 aliphatic carbocycles. The fourth-order valence-electron chi connectivity index (χ4n) is 4.07. The van der Waals surface area contributed by atoms with Gasteiger partial charge in [-0.1, -0.05) is 0 Å². The number of hydrogen-bond acceptors (Lipinski definition) is 6. The molecule has 0 bridgehead atoms. The van der Waals surface area contributed by atoms with Crippen LogP contribution >= 0.6 is 11.3 Å². The number of hydrogen-bond donors (Lipinski definition) is 1. The number of thiophene rings is 1. The van der Waals surface area contributed by atoms with Crippen molar-refractivity contribution in [2.24, 2.45) is 0 Å². The Labute approximate surface area is 209 Å². The predicted octanol–water partition coefficient (Wildman–Crippen LogP) is 4.97. The Hall–Kier alpha value is -3.92. The second-order valence-electron chi connectivity index (χ2n) is 8.43. The first kappa shape index (κ1) is 23.8. The molecule has 1 amide bonds. The largest absolute Gasteiger partial charge is 0.493 e. The number of ketones is 1. The molecule has 5 rings (SSSR count). The highest BCUT2D eigenvalue weighted by molar-refractivity contribution is 7.19. The van der Waals surface area contributed by atoms with E-state index in [0.29, 0.717) is 49.6 Å². The Bertz CT molecular complexity index is 1460. The number of nitrogens with zero attached hydrogens (tertiary/aromatic N) is 3. The van der Waals surface area contributed by atoms with Crippen LogP contribution in [-0.2, 0) is 11.2 Å². The van der Waals surface area contributed by atoms with E-state index >= 15 is 0 Å². The number of aromatic nitrogens is 3. The summed E-state index contributed by atoms with van der Waals surface area (Å²) in [6.07, 6.45) is 3.00. The van der Waals surface area contributed by atoms with Crippen LogP contribution in [0.2, 0.25) is 0 Å². The van der Waals surface area contributed by atoms with Gasteiger partial charge in [-0.2, -0.15) is 5.10 Å². The maximum Gasteiger partial charge on any atom is 0.251 e. The van der Waals surface area contributed by atoms with E-state index in [1.54, 1.807) is 12.1 Å². The van der Waals surface area contributed by atoms with Gasteiger partial charge >= 0.3 is 0 Å². The van der Waals surface area contributed by atoms with Gasteiger partial charge in [0.1, 0.15) is 29.4 Å². The number of Topliss-reactive ketones (excluding diaryl/α,β-unsaturated/α-hetero) is 1. The maximum atomic E-state index is 14.4. The number of amides is 1. The van der Waals surface area contributed by atoms with Gasteiger partial charge in [0, 0.05) is 41.5 Å². The Morgan fingerprint density at radius 3 is 2.83 bits per heavy atom. The summed E-state index contributed by atoms with van der Waals surface area (Å²) in [4.78, 5) is 29.7. The van der Waals surface area contributed by atoms with Crippen LogP contribution in [-0.4, -0.2) is 39.6 Å². The summed E-state index contributed by atoms with van der Waals surface area (Å²) in [5.74, 6) is -0.482. The highest BCUT2D eigenvalue weighted by Crippen LogP contribution is 2.44. The van der Waals surface area contributed by atoms with E-state index < -0.39 is 11.6 Å². The zero-order valence-corrected chi connectivity index (χ0v) is 20.2. The maximum absolute atomic E-state index is 14.4. The van der Waals surface area contributed by atoms with Crippen LogP contribution in [0.3, 0.4) is 0 Å². The van der Waals surface area contributed by atoms with Crippen molar-refractivity contribution in [2.45, 2.75) is 26.2 Å². The number of nitrogens with one attached hydrogen (secondary N) is 1. The summed E-state index contributed by atoms with van der Waals surface area (Å²) in [5, 5.41) is 6.99. The van der Waals surface area contributed by atoms with Gasteiger partial charge in [-0.15, -0.1) is 11.3 Å². The third kappa shape index (κ3) is 4.76. The second kappa shape index (κ2) is 9.98. The van der Waals surface area contributed by atoms with E-state index in [1.807, 2.05) is 12.1 Å². The molecule has 7 nitrogen and oxygen atoms in total. The minimum Gasteiger partial charge on any atom is -0.493 e. The molecule has 0 unspecified atom stereocenters. The lowest BCUT2D eigenvalue weighted by atomic mass is 10.0. The van der Waals surface area contributed by atoms with Gasteiger partial charge in [-0.25, -0.2) is 18.4 Å². The van der Waals surface area contributed by atoms with E-state index in [9.17, 15) is 18.4 Å². The molecule has 0 spiro atoms. The van der Waals surface area contributed by atoms with E-state index in [-0.39, 0.29) is 17.4 Å². The minimum absolute atomic E-state index is 0.0925. The normalized spacial score (nSPS) is 12.3. The molecule has 1 N–H and O–H groups in total. The van der Waals surface area contributed by atoms with Crippen molar-refractivity contribution >= 4 is 23.0 Å². The Balaban J connectivity index is 1.43. The quantitative estimate of drug-likeness (QED) is 0.356. The second-order valence-corrected chi connectivity index (χ2v) is 9.48. The first-order valence-corrected chi connectivity index (χ1v) is 12.3. The number of carbonyl (C=O) groups excluding carboxylic acids is 2. The fraction of sp³-hybridized carbons (Fsp3) is 0.231. The van der Waals surface area contributed by atoms with E-state index in [2.05, 4.69) is 15.4 Å². The highest BCUT2D eigenvalue weighted by Gasteiger charge is 2.23. The van der Waals surface area contributed by atoms with Crippen molar-refractivity contribution < 1.29 is 23.1 Å². The van der Waals surface area contributed by atoms with Crippen molar-refractivity contribution in [3.8, 4) is 32.6 Å². The van der Waals surface area contributed by atoms with Crippen LogP contribution < -0.4 is 10.1 Å². The third-order valence-electron chi connectivity index (χ3n) is 5.82. The van der Waals surface area contributed by atoms with Gasteiger partial charge in [-0.3, -0.25) is 4.79 Å². The number of halogens is 2. The van der Waals surface area contributed by atoms with Gasteiger partial charge in [-0.05, 0) is 55.3 Å². The topological polar surface area (TPSA) is 86.1 Å². The van der Waals surface area contributed by atoms with Crippen molar-refractivity contribution in [3.05, 3.63) is 71.6 Å². The Morgan fingerprint density at radius 2 is 2.03 bits per heavy atom. The summed E-state index contributed by atoms with van der Waals surface area (Å²) in [6, 6.07) is 10.6. The standard InChI is InChI=1S/C26H22F2N4O3S/c1-15(33)3-2-9-29-26(34)17-4-6-19-22(11-17)35-10-8-16-12-23(36-24(16)19)25-30-14-31-32(25)21-7-5-18(27)13-20(21)28/h4-7,11-14H,2-3,8-10H2,1H3,(H,29,34). The molecule has 1 aliphatic rings. The predicted molar refractivity (Wildman–Crippen MR) is 131 cm³/mol. The molecule has 0 radical (unpaired) electrons. The van der Waals surface area contributed by atoms with Gasteiger partial charge in [0.2, 0.25) is 0 Å². The number of carbonyl (C=O) groups is 2. The molecule has 3 heterocycles. The molecule has 4 aromatic rings.